The highest BCUT2D eigenvalue weighted by atomic mass is 16.5. The number of methoxy groups -OCH3 is 1. The number of furan rings is 1. The molecule has 1 aromatic carbocycles. The van der Waals surface area contributed by atoms with Gasteiger partial charge in [0.2, 0.25) is 0 Å². The average molecular weight is 402 g/mol. The van der Waals surface area contributed by atoms with E-state index in [1.807, 2.05) is 56.0 Å². The van der Waals surface area contributed by atoms with Gasteiger partial charge >= 0.3 is 5.97 Å². The van der Waals surface area contributed by atoms with Crippen molar-refractivity contribution < 1.29 is 23.6 Å². The molecule has 0 spiro atoms. The predicted octanol–water partition coefficient (Wildman–Crippen LogP) is 2.02. The number of aryl methyl sites for hydroxylation is 1. The van der Waals surface area contributed by atoms with E-state index in [4.69, 9.17) is 9.15 Å². The Morgan fingerprint density at radius 1 is 1.17 bits per heavy atom. The van der Waals surface area contributed by atoms with E-state index in [0.717, 1.165) is 35.8 Å². The van der Waals surface area contributed by atoms with Crippen molar-refractivity contribution in [3.8, 4) is 0 Å². The number of esters is 1. The number of quaternary nitrogens is 1. The van der Waals surface area contributed by atoms with Gasteiger partial charge in [0, 0.05) is 6.54 Å². The molecule has 6 nitrogen and oxygen atoms in total. The fourth-order valence-corrected chi connectivity index (χ4v) is 3.39. The summed E-state index contributed by atoms with van der Waals surface area (Å²) < 4.78 is 10.6. The first kappa shape index (κ1) is 22.7. The molecule has 2 aromatic rings. The van der Waals surface area contributed by atoms with Gasteiger partial charge in [0.25, 0.3) is 5.91 Å². The van der Waals surface area contributed by atoms with Crippen LogP contribution in [0.3, 0.4) is 0 Å². The summed E-state index contributed by atoms with van der Waals surface area (Å²) >= 11 is 0. The molecule has 0 bridgehead atoms. The molecule has 0 saturated carbocycles. The molecule has 0 fully saturated rings. The first-order valence-corrected chi connectivity index (χ1v) is 10.2. The molecule has 6 heteroatoms. The Labute approximate surface area is 173 Å². The van der Waals surface area contributed by atoms with Crippen LogP contribution in [-0.4, -0.2) is 49.6 Å². The van der Waals surface area contributed by atoms with Crippen LogP contribution in [-0.2, 0) is 27.3 Å². The Bertz CT molecular complexity index is 772. The zero-order valence-corrected chi connectivity index (χ0v) is 17.9. The summed E-state index contributed by atoms with van der Waals surface area (Å²) in [5.74, 6) is 1.31. The zero-order chi connectivity index (χ0) is 21.2. The van der Waals surface area contributed by atoms with Crippen molar-refractivity contribution in [2.75, 3.05) is 26.7 Å². The van der Waals surface area contributed by atoms with Crippen LogP contribution >= 0.6 is 0 Å². The van der Waals surface area contributed by atoms with Gasteiger partial charge < -0.3 is 19.0 Å². The molecule has 1 N–H and O–H groups in total. The van der Waals surface area contributed by atoms with Crippen LogP contribution in [0.15, 0.2) is 46.9 Å². The fraction of sp³-hybridized carbons (Fsp3) is 0.478. The molecule has 1 aromatic heterocycles. The minimum Gasteiger partial charge on any atom is -0.465 e. The largest absolute Gasteiger partial charge is 0.465 e. The second-order valence-corrected chi connectivity index (χ2v) is 7.39. The number of benzene rings is 1. The second kappa shape index (κ2) is 11.4. The summed E-state index contributed by atoms with van der Waals surface area (Å²) in [6.45, 7) is 7.75. The molecular weight excluding hydrogens is 368 g/mol. The number of carbonyl (C=O) groups excluding carboxylic acids is 2. The highest BCUT2D eigenvalue weighted by Gasteiger charge is 2.29. The lowest BCUT2D eigenvalue weighted by Crippen LogP contribution is -3.17. The van der Waals surface area contributed by atoms with E-state index in [2.05, 4.69) is 12.1 Å². The minimum atomic E-state index is -0.384. The summed E-state index contributed by atoms with van der Waals surface area (Å²) in [6, 6.07) is 13.5. The molecule has 29 heavy (non-hydrogen) atoms. The molecule has 1 heterocycles. The summed E-state index contributed by atoms with van der Waals surface area (Å²) in [6.07, 6.45) is 1.65. The average Bonchev–Trinajstić information content (AvgIpc) is 3.14. The van der Waals surface area contributed by atoms with Crippen LogP contribution in [0.4, 0.5) is 0 Å². The second-order valence-electron chi connectivity index (χ2n) is 7.39. The van der Waals surface area contributed by atoms with Gasteiger partial charge in [-0.15, -0.1) is 0 Å². The van der Waals surface area contributed by atoms with Crippen LogP contribution in [0.25, 0.3) is 0 Å². The van der Waals surface area contributed by atoms with Crippen molar-refractivity contribution in [1.82, 2.24) is 4.90 Å². The van der Waals surface area contributed by atoms with Gasteiger partial charge in [0.15, 0.2) is 12.6 Å². The lowest BCUT2D eigenvalue weighted by Gasteiger charge is -2.27. The molecule has 0 aliphatic rings. The molecular formula is C23H33N2O4+. The molecule has 0 radical (unpaired) electrons. The highest BCUT2D eigenvalue weighted by molar-refractivity contribution is 5.78. The normalized spacial score (nSPS) is 13.0. The van der Waals surface area contributed by atoms with Crippen molar-refractivity contribution in [2.24, 2.45) is 0 Å². The Hall–Kier alpha value is -2.60. The predicted molar refractivity (Wildman–Crippen MR) is 111 cm³/mol. The molecule has 1 unspecified atom stereocenters. The highest BCUT2D eigenvalue weighted by Crippen LogP contribution is 2.11. The zero-order valence-electron chi connectivity index (χ0n) is 17.9. The van der Waals surface area contributed by atoms with E-state index in [9.17, 15) is 9.59 Å². The third kappa shape index (κ3) is 7.06. The van der Waals surface area contributed by atoms with E-state index in [-0.39, 0.29) is 24.5 Å². The summed E-state index contributed by atoms with van der Waals surface area (Å²) in [5.41, 5.74) is 1.18. The lowest BCUT2D eigenvalue weighted by molar-refractivity contribution is -0.907. The first-order chi connectivity index (χ1) is 13.9. The molecule has 0 aliphatic carbocycles. The number of nitrogens with one attached hydrogen (secondary N) is 1. The monoisotopic (exact) mass is 401 g/mol. The summed E-state index contributed by atoms with van der Waals surface area (Å²) in [5, 5.41) is 0. The first-order valence-electron chi connectivity index (χ1n) is 10.2. The number of carbonyl (C=O) groups is 2. The van der Waals surface area contributed by atoms with Crippen molar-refractivity contribution in [2.45, 2.75) is 46.2 Å². The van der Waals surface area contributed by atoms with Crippen molar-refractivity contribution in [1.29, 1.82) is 0 Å². The Balaban J connectivity index is 2.11. The van der Waals surface area contributed by atoms with E-state index >= 15 is 0 Å². The van der Waals surface area contributed by atoms with Gasteiger partial charge in [0.05, 0.1) is 20.2 Å². The van der Waals surface area contributed by atoms with Gasteiger partial charge in [-0.05, 0) is 44.4 Å². The SMILES string of the molecule is CCC[NH+](CC(=O)N(CCc1ccccc1)Cc1ccc(C)o1)[C@H](C)C(=O)OC. The number of amides is 1. The van der Waals surface area contributed by atoms with Gasteiger partial charge in [-0.25, -0.2) is 4.79 Å². The van der Waals surface area contributed by atoms with E-state index < -0.39 is 0 Å². The van der Waals surface area contributed by atoms with Gasteiger partial charge in [-0.1, -0.05) is 37.3 Å². The maximum atomic E-state index is 13.2. The van der Waals surface area contributed by atoms with Crippen LogP contribution in [0.5, 0.6) is 0 Å². The minimum absolute atomic E-state index is 0.00851. The van der Waals surface area contributed by atoms with Gasteiger partial charge in [0.1, 0.15) is 11.5 Å². The van der Waals surface area contributed by atoms with Crippen molar-refractivity contribution >= 4 is 11.9 Å². The fourth-order valence-electron chi connectivity index (χ4n) is 3.39. The number of ether oxygens (including phenoxy) is 1. The van der Waals surface area contributed by atoms with Crippen LogP contribution in [0, 0.1) is 6.92 Å². The van der Waals surface area contributed by atoms with E-state index in [1.54, 1.807) is 0 Å². The number of hydrogen-bond donors (Lipinski definition) is 1. The number of hydrogen-bond acceptors (Lipinski definition) is 4. The van der Waals surface area contributed by atoms with Gasteiger partial charge in [-0.3, -0.25) is 4.79 Å². The third-order valence-electron chi connectivity index (χ3n) is 5.13. The Morgan fingerprint density at radius 2 is 1.90 bits per heavy atom. The van der Waals surface area contributed by atoms with Gasteiger partial charge in [-0.2, -0.15) is 0 Å². The Kier molecular flexibility index (Phi) is 8.93. The van der Waals surface area contributed by atoms with Crippen LogP contribution in [0.1, 0.15) is 37.4 Å². The smallest absolute Gasteiger partial charge is 0.364 e. The van der Waals surface area contributed by atoms with E-state index in [0.29, 0.717) is 13.1 Å². The molecule has 2 rings (SSSR count). The van der Waals surface area contributed by atoms with Crippen LogP contribution < -0.4 is 4.90 Å². The summed E-state index contributed by atoms with van der Waals surface area (Å²) in [7, 11) is 1.38. The number of rotatable bonds is 11. The van der Waals surface area contributed by atoms with Crippen LogP contribution in [0.2, 0.25) is 0 Å². The van der Waals surface area contributed by atoms with Crippen molar-refractivity contribution in [3.63, 3.8) is 0 Å². The molecule has 0 saturated heterocycles. The third-order valence-corrected chi connectivity index (χ3v) is 5.13. The maximum absolute atomic E-state index is 13.2. The topological polar surface area (TPSA) is 64.2 Å². The Morgan fingerprint density at radius 3 is 2.48 bits per heavy atom. The maximum Gasteiger partial charge on any atom is 0.364 e. The summed E-state index contributed by atoms with van der Waals surface area (Å²) in [4.78, 5) is 27.9. The number of nitrogens with zero attached hydrogens (tertiary/aromatic N) is 1. The quantitative estimate of drug-likeness (QED) is 0.585. The molecule has 1 amide bonds. The van der Waals surface area contributed by atoms with Crippen molar-refractivity contribution in [3.05, 3.63) is 59.5 Å². The molecule has 0 aliphatic heterocycles. The standard InChI is InChI=1S/C23H32N2O4/c1-5-14-24(19(3)23(27)28-4)17-22(26)25(16-21-12-11-18(2)29-21)15-13-20-9-7-6-8-10-20/h6-12,19H,5,13-17H2,1-4H3/p+1/t19-/m1/s1. The van der Waals surface area contributed by atoms with E-state index in [1.165, 1.54) is 12.7 Å². The molecule has 2 atom stereocenters. The molecule has 158 valence electrons. The lowest BCUT2D eigenvalue weighted by atomic mass is 10.1.